The molecule has 0 bridgehead atoms. The number of carbonyl (C=O) groups excluding carboxylic acids is 1. The molecule has 4 rings (SSSR count). The number of likely N-dealkylation sites (tertiary alicyclic amines) is 1. The smallest absolute Gasteiger partial charge is 0.228 e. The van der Waals surface area contributed by atoms with E-state index in [1.165, 1.54) is 0 Å². The molecule has 1 saturated heterocycles. The maximum absolute atomic E-state index is 12.9. The molecule has 0 N–H and O–H groups in total. The monoisotopic (exact) mass is 418 g/mol. The van der Waals surface area contributed by atoms with E-state index in [9.17, 15) is 4.79 Å². The van der Waals surface area contributed by atoms with Gasteiger partial charge in [-0.1, -0.05) is 24.3 Å². The van der Waals surface area contributed by atoms with E-state index in [-0.39, 0.29) is 18.4 Å². The Kier molecular flexibility index (Phi) is 6.77. The third kappa shape index (κ3) is 5.39. The summed E-state index contributed by atoms with van der Waals surface area (Å²) in [4.78, 5) is 26.3. The molecule has 162 valence electrons. The molecule has 0 atom stereocenters. The third-order valence-electron chi connectivity index (χ3n) is 6.14. The van der Waals surface area contributed by atoms with Gasteiger partial charge in [-0.15, -0.1) is 0 Å². The molecule has 3 aromatic rings. The van der Waals surface area contributed by atoms with Crippen LogP contribution >= 0.6 is 0 Å². The Balaban J connectivity index is 1.28. The average molecular weight is 419 g/mol. The molecule has 1 aliphatic rings. The zero-order valence-electron chi connectivity index (χ0n) is 18.3. The Labute approximate surface area is 183 Å². The number of rotatable bonds is 7. The average Bonchev–Trinajstić information content (AvgIpc) is 3.19. The molecule has 0 radical (unpaired) electrons. The van der Waals surface area contributed by atoms with Gasteiger partial charge in [0.1, 0.15) is 5.76 Å². The Morgan fingerprint density at radius 3 is 2.58 bits per heavy atom. The number of pyridine rings is 1. The Hall–Kier alpha value is -2.99. The summed E-state index contributed by atoms with van der Waals surface area (Å²) in [5.41, 5.74) is 2.79. The molecule has 2 aromatic heterocycles. The zero-order chi connectivity index (χ0) is 21.6. The molecule has 6 heteroatoms. The molecular weight excluding hydrogens is 388 g/mol. The van der Waals surface area contributed by atoms with E-state index in [1.807, 2.05) is 67.5 Å². The fraction of sp³-hybridized carbons (Fsp3) is 0.400. The minimum absolute atomic E-state index is 0.1000. The van der Waals surface area contributed by atoms with Gasteiger partial charge < -0.3 is 14.2 Å². The Morgan fingerprint density at radius 1 is 1.13 bits per heavy atom. The van der Waals surface area contributed by atoms with Crippen molar-refractivity contribution in [1.82, 2.24) is 19.8 Å². The van der Waals surface area contributed by atoms with Crippen LogP contribution in [0.1, 0.15) is 30.0 Å². The first-order valence-electron chi connectivity index (χ1n) is 11.0. The maximum atomic E-state index is 12.9. The number of nitrogens with zero attached hydrogens (tertiary/aromatic N) is 4. The summed E-state index contributed by atoms with van der Waals surface area (Å²) in [6, 6.07) is 16.1. The van der Waals surface area contributed by atoms with Crippen molar-refractivity contribution in [3.05, 3.63) is 71.9 Å². The number of oxazole rings is 1. The molecule has 6 nitrogen and oxygen atoms in total. The second-order valence-corrected chi connectivity index (χ2v) is 8.21. The molecule has 31 heavy (non-hydrogen) atoms. The molecule has 0 saturated carbocycles. The topological polar surface area (TPSA) is 62.5 Å². The molecule has 3 heterocycles. The van der Waals surface area contributed by atoms with Gasteiger partial charge in [-0.3, -0.25) is 9.78 Å². The largest absolute Gasteiger partial charge is 0.441 e. The summed E-state index contributed by atoms with van der Waals surface area (Å²) in [6.07, 6.45) is 5.09. The molecule has 1 amide bonds. The number of likely N-dealkylation sites (N-methyl/N-ethyl adjacent to an activating group) is 1. The van der Waals surface area contributed by atoms with Crippen LogP contribution in [0.2, 0.25) is 0 Å². The number of amides is 1. The van der Waals surface area contributed by atoms with Gasteiger partial charge in [-0.2, -0.15) is 0 Å². The lowest BCUT2D eigenvalue weighted by Gasteiger charge is -2.36. The van der Waals surface area contributed by atoms with Gasteiger partial charge in [-0.05, 0) is 44.0 Å². The predicted molar refractivity (Wildman–Crippen MR) is 121 cm³/mol. The van der Waals surface area contributed by atoms with Crippen LogP contribution in [-0.4, -0.2) is 58.4 Å². The second kappa shape index (κ2) is 9.88. The van der Waals surface area contributed by atoms with Gasteiger partial charge >= 0.3 is 0 Å². The van der Waals surface area contributed by atoms with Crippen molar-refractivity contribution in [2.75, 3.05) is 26.7 Å². The third-order valence-corrected chi connectivity index (χ3v) is 6.14. The molecule has 1 aliphatic heterocycles. The molecule has 0 aliphatic carbocycles. The van der Waals surface area contributed by atoms with Crippen LogP contribution in [0.5, 0.6) is 0 Å². The Morgan fingerprint density at radius 2 is 1.87 bits per heavy atom. The minimum Gasteiger partial charge on any atom is -0.441 e. The van der Waals surface area contributed by atoms with Crippen molar-refractivity contribution in [2.45, 2.75) is 38.6 Å². The van der Waals surface area contributed by atoms with Crippen molar-refractivity contribution in [2.24, 2.45) is 0 Å². The number of carbonyl (C=O) groups is 1. The highest BCUT2D eigenvalue weighted by Gasteiger charge is 2.26. The van der Waals surface area contributed by atoms with Crippen molar-refractivity contribution in [1.29, 1.82) is 0 Å². The predicted octanol–water partition coefficient (Wildman–Crippen LogP) is 3.75. The SMILES string of the molecule is Cc1oc(-c2ccccc2)nc1CC(=O)N(C)C1CCN(CCc2ccccn2)CC1. The molecule has 1 fully saturated rings. The van der Waals surface area contributed by atoms with Gasteiger partial charge in [0.05, 0.1) is 12.1 Å². The fourth-order valence-electron chi connectivity index (χ4n) is 4.12. The van der Waals surface area contributed by atoms with Crippen LogP contribution in [0.4, 0.5) is 0 Å². The quantitative estimate of drug-likeness (QED) is 0.585. The van der Waals surface area contributed by atoms with Crippen LogP contribution in [0.3, 0.4) is 0 Å². The van der Waals surface area contributed by atoms with E-state index in [0.717, 1.165) is 55.8 Å². The first kappa shape index (κ1) is 21.2. The van der Waals surface area contributed by atoms with Gasteiger partial charge in [0.15, 0.2) is 0 Å². The molecular formula is C25H30N4O2. The van der Waals surface area contributed by atoms with Crippen LogP contribution in [0.25, 0.3) is 11.5 Å². The number of hydrogen-bond donors (Lipinski definition) is 0. The van der Waals surface area contributed by atoms with Crippen molar-refractivity contribution in [3.8, 4) is 11.5 Å². The summed E-state index contributed by atoms with van der Waals surface area (Å²) < 4.78 is 5.81. The van der Waals surface area contributed by atoms with Crippen molar-refractivity contribution >= 4 is 5.91 Å². The van der Waals surface area contributed by atoms with Crippen LogP contribution in [-0.2, 0) is 17.6 Å². The first-order chi connectivity index (χ1) is 15.1. The van der Waals surface area contributed by atoms with Crippen LogP contribution < -0.4 is 0 Å². The molecule has 0 spiro atoms. The maximum Gasteiger partial charge on any atom is 0.228 e. The lowest BCUT2D eigenvalue weighted by atomic mass is 10.0. The lowest BCUT2D eigenvalue weighted by Crippen LogP contribution is -2.46. The lowest BCUT2D eigenvalue weighted by molar-refractivity contribution is -0.132. The second-order valence-electron chi connectivity index (χ2n) is 8.21. The number of piperidine rings is 1. The van der Waals surface area contributed by atoms with Gasteiger partial charge in [0, 0.05) is 56.6 Å². The summed E-state index contributed by atoms with van der Waals surface area (Å²) in [5.74, 6) is 1.39. The Bertz CT molecular complexity index is 979. The van der Waals surface area contributed by atoms with E-state index in [2.05, 4.69) is 20.9 Å². The van der Waals surface area contributed by atoms with E-state index in [4.69, 9.17) is 4.42 Å². The van der Waals surface area contributed by atoms with Gasteiger partial charge in [0.25, 0.3) is 0 Å². The van der Waals surface area contributed by atoms with Crippen molar-refractivity contribution < 1.29 is 9.21 Å². The minimum atomic E-state index is 0.1000. The summed E-state index contributed by atoms with van der Waals surface area (Å²) in [6.45, 7) is 4.91. The summed E-state index contributed by atoms with van der Waals surface area (Å²) in [5, 5.41) is 0. The molecule has 1 aromatic carbocycles. The fourth-order valence-corrected chi connectivity index (χ4v) is 4.12. The number of aromatic nitrogens is 2. The van der Waals surface area contributed by atoms with E-state index in [0.29, 0.717) is 11.7 Å². The van der Waals surface area contributed by atoms with Gasteiger partial charge in [0.2, 0.25) is 11.8 Å². The first-order valence-corrected chi connectivity index (χ1v) is 11.0. The molecule has 0 unspecified atom stereocenters. The highest BCUT2D eigenvalue weighted by Crippen LogP contribution is 2.23. The number of aryl methyl sites for hydroxylation is 1. The van der Waals surface area contributed by atoms with Crippen molar-refractivity contribution in [3.63, 3.8) is 0 Å². The normalized spacial score (nSPS) is 15.2. The van der Waals surface area contributed by atoms with Crippen LogP contribution in [0.15, 0.2) is 59.1 Å². The number of benzene rings is 1. The van der Waals surface area contributed by atoms with E-state index >= 15 is 0 Å². The van der Waals surface area contributed by atoms with Gasteiger partial charge in [-0.25, -0.2) is 4.98 Å². The summed E-state index contributed by atoms with van der Waals surface area (Å²) >= 11 is 0. The van der Waals surface area contributed by atoms with Crippen LogP contribution in [0, 0.1) is 6.92 Å². The highest BCUT2D eigenvalue weighted by atomic mass is 16.4. The summed E-state index contributed by atoms with van der Waals surface area (Å²) in [7, 11) is 1.92. The van der Waals surface area contributed by atoms with E-state index in [1.54, 1.807) is 0 Å². The zero-order valence-corrected chi connectivity index (χ0v) is 18.3. The standard InChI is InChI=1S/C25H30N4O2/c1-19-23(27-25(31-19)20-8-4-3-5-9-20)18-24(30)28(2)22-12-16-29(17-13-22)15-11-21-10-6-7-14-26-21/h3-10,14,22H,11-13,15-18H2,1-2H3. The highest BCUT2D eigenvalue weighted by molar-refractivity contribution is 5.78. The van der Waals surface area contributed by atoms with E-state index < -0.39 is 0 Å². The number of hydrogen-bond acceptors (Lipinski definition) is 5.